The molecule has 0 aromatic carbocycles. The van der Waals surface area contributed by atoms with Crippen LogP contribution in [0.4, 0.5) is 0 Å². The van der Waals surface area contributed by atoms with Crippen LogP contribution in [0.5, 0.6) is 0 Å². The summed E-state index contributed by atoms with van der Waals surface area (Å²) in [5, 5.41) is 0. The highest BCUT2D eigenvalue weighted by molar-refractivity contribution is 4.92. The van der Waals surface area contributed by atoms with Gasteiger partial charge in [-0.3, -0.25) is 0 Å². The molecule has 0 saturated heterocycles. The predicted octanol–water partition coefficient (Wildman–Crippen LogP) is 8.85. The normalized spacial score (nSPS) is 28.2. The Balaban J connectivity index is 0. The van der Waals surface area contributed by atoms with Gasteiger partial charge in [0.15, 0.2) is 0 Å². The summed E-state index contributed by atoms with van der Waals surface area (Å²) in [7, 11) is 0. The maximum atomic E-state index is 2.39. The van der Waals surface area contributed by atoms with Crippen molar-refractivity contribution in [2.45, 2.75) is 115 Å². The quantitative estimate of drug-likeness (QED) is 0.469. The van der Waals surface area contributed by atoms with Crippen LogP contribution in [0.25, 0.3) is 0 Å². The third kappa shape index (κ3) is 6.38. The van der Waals surface area contributed by atoms with Gasteiger partial charge < -0.3 is 0 Å². The average Bonchev–Trinajstić information content (AvgIpc) is 2.44. The molecule has 0 bridgehead atoms. The summed E-state index contributed by atoms with van der Waals surface area (Å²) in [5.41, 5.74) is 0.753. The van der Waals surface area contributed by atoms with Crippen molar-refractivity contribution >= 4 is 0 Å². The summed E-state index contributed by atoms with van der Waals surface area (Å²) in [5.74, 6) is 5.79. The van der Waals surface area contributed by atoms with Crippen molar-refractivity contribution in [3.8, 4) is 0 Å². The Morgan fingerprint density at radius 2 is 1.38 bits per heavy atom. The summed E-state index contributed by atoms with van der Waals surface area (Å²) in [6.07, 6.45) is 8.73. The van der Waals surface area contributed by atoms with E-state index in [2.05, 4.69) is 55.4 Å². The van der Waals surface area contributed by atoms with Crippen molar-refractivity contribution in [3.05, 3.63) is 0 Å². The monoisotopic (exact) mass is 340 g/mol. The summed E-state index contributed by atoms with van der Waals surface area (Å²) in [6, 6.07) is 0. The van der Waals surface area contributed by atoms with Gasteiger partial charge in [0.2, 0.25) is 0 Å². The molecule has 0 aromatic heterocycles. The molecule has 148 valence electrons. The van der Waals surface area contributed by atoms with Gasteiger partial charge in [-0.05, 0) is 60.2 Å². The predicted molar refractivity (Wildman–Crippen MR) is 115 cm³/mol. The summed E-state index contributed by atoms with van der Waals surface area (Å²) in [6.45, 7) is 23.0. The zero-order chi connectivity index (χ0) is 18.2. The van der Waals surface area contributed by atoms with Gasteiger partial charge in [0.05, 0.1) is 0 Å². The van der Waals surface area contributed by atoms with Crippen LogP contribution in [0.2, 0.25) is 0 Å². The van der Waals surface area contributed by atoms with E-state index in [-0.39, 0.29) is 7.43 Å². The van der Waals surface area contributed by atoms with E-state index in [4.69, 9.17) is 0 Å². The summed E-state index contributed by atoms with van der Waals surface area (Å²) < 4.78 is 0. The van der Waals surface area contributed by atoms with Gasteiger partial charge in [0, 0.05) is 0 Å². The molecule has 0 heteroatoms. The highest BCUT2D eigenvalue weighted by atomic mass is 14.5. The van der Waals surface area contributed by atoms with E-state index in [1.165, 1.54) is 38.5 Å². The van der Waals surface area contributed by atoms with Gasteiger partial charge in [0.25, 0.3) is 0 Å². The molecule has 2 saturated carbocycles. The molecule has 24 heavy (non-hydrogen) atoms. The van der Waals surface area contributed by atoms with Crippen molar-refractivity contribution in [1.29, 1.82) is 0 Å². The fraction of sp³-hybridized carbons (Fsp3) is 1.00. The SMILES string of the molecule is C.CC.CC(C)C1C(C)CC1C.CCC(C(C)C)C1(CC)CCC1. The largest absolute Gasteiger partial charge is 0.0776 e. The van der Waals surface area contributed by atoms with Crippen LogP contribution in [0.3, 0.4) is 0 Å². The van der Waals surface area contributed by atoms with Crippen LogP contribution >= 0.6 is 0 Å². The minimum Gasteiger partial charge on any atom is -0.0776 e. The average molecular weight is 341 g/mol. The van der Waals surface area contributed by atoms with E-state index in [0.717, 1.165) is 40.9 Å². The molecule has 0 aliphatic heterocycles. The maximum absolute atomic E-state index is 2.39. The van der Waals surface area contributed by atoms with E-state index in [9.17, 15) is 0 Å². The van der Waals surface area contributed by atoms with Crippen molar-refractivity contribution in [2.75, 3.05) is 0 Å². The molecular formula is C24H52. The van der Waals surface area contributed by atoms with Crippen LogP contribution in [0, 0.1) is 40.9 Å². The van der Waals surface area contributed by atoms with E-state index < -0.39 is 0 Å². The number of rotatable bonds is 5. The molecule has 3 unspecified atom stereocenters. The molecule has 2 fully saturated rings. The molecule has 0 radical (unpaired) electrons. The zero-order valence-corrected chi connectivity index (χ0v) is 18.2. The third-order valence-corrected chi connectivity index (χ3v) is 6.91. The van der Waals surface area contributed by atoms with Crippen LogP contribution in [-0.2, 0) is 0 Å². The molecule has 0 nitrogen and oxygen atoms in total. The zero-order valence-electron chi connectivity index (χ0n) is 18.2. The lowest BCUT2D eigenvalue weighted by Crippen LogP contribution is -2.39. The molecule has 0 N–H and O–H groups in total. The van der Waals surface area contributed by atoms with E-state index in [0.29, 0.717) is 0 Å². The van der Waals surface area contributed by atoms with Crippen LogP contribution in [0.15, 0.2) is 0 Å². The molecule has 0 aromatic rings. The second-order valence-electron chi connectivity index (χ2n) is 8.84. The molecule has 2 aliphatic rings. The van der Waals surface area contributed by atoms with Crippen molar-refractivity contribution in [1.82, 2.24) is 0 Å². The van der Waals surface area contributed by atoms with Gasteiger partial charge in [-0.15, -0.1) is 0 Å². The second kappa shape index (κ2) is 12.4. The van der Waals surface area contributed by atoms with Crippen LogP contribution in [-0.4, -0.2) is 0 Å². The Hall–Kier alpha value is 0. The Labute approximate surface area is 156 Å². The fourth-order valence-electron chi connectivity index (χ4n) is 5.81. The first kappa shape index (κ1) is 26.2. The lowest BCUT2D eigenvalue weighted by Gasteiger charge is -2.49. The van der Waals surface area contributed by atoms with Gasteiger partial charge in [-0.1, -0.05) is 95.9 Å². The van der Waals surface area contributed by atoms with Crippen molar-refractivity contribution < 1.29 is 0 Å². The molecule has 0 amide bonds. The van der Waals surface area contributed by atoms with E-state index in [1.807, 2.05) is 13.8 Å². The Kier molecular flexibility index (Phi) is 13.5. The van der Waals surface area contributed by atoms with Crippen LogP contribution in [0.1, 0.15) is 115 Å². The highest BCUT2D eigenvalue weighted by Gasteiger charge is 2.42. The Bertz CT molecular complexity index is 264. The number of hydrogen-bond donors (Lipinski definition) is 0. The van der Waals surface area contributed by atoms with Gasteiger partial charge in [-0.25, -0.2) is 0 Å². The molecule has 3 atom stereocenters. The first-order valence-corrected chi connectivity index (χ1v) is 10.8. The minimum atomic E-state index is 0. The fourth-order valence-corrected chi connectivity index (χ4v) is 5.81. The van der Waals surface area contributed by atoms with Gasteiger partial charge in [0.1, 0.15) is 0 Å². The van der Waals surface area contributed by atoms with E-state index >= 15 is 0 Å². The summed E-state index contributed by atoms with van der Waals surface area (Å²) in [4.78, 5) is 0. The van der Waals surface area contributed by atoms with Crippen LogP contribution < -0.4 is 0 Å². The molecule has 2 rings (SSSR count). The first-order chi connectivity index (χ1) is 10.8. The standard InChI is InChI=1S/C12H24.C9H18.C2H6.CH4/c1-5-11(10(3)4)12(6-2)8-7-9-12;1-6(2)9-7(3)5-8(9)4;1-2;/h10-11H,5-9H2,1-4H3;6-9H,5H2,1-4H3;1-2H3;1H4. The lowest BCUT2D eigenvalue weighted by atomic mass is 9.56. The minimum absolute atomic E-state index is 0. The molecule has 0 heterocycles. The number of hydrogen-bond acceptors (Lipinski definition) is 0. The second-order valence-corrected chi connectivity index (χ2v) is 8.84. The van der Waals surface area contributed by atoms with E-state index in [1.54, 1.807) is 0 Å². The summed E-state index contributed by atoms with van der Waals surface area (Å²) >= 11 is 0. The smallest absolute Gasteiger partial charge is 0.0269 e. The Morgan fingerprint density at radius 3 is 1.46 bits per heavy atom. The third-order valence-electron chi connectivity index (χ3n) is 6.91. The molecule has 0 spiro atoms. The van der Waals surface area contributed by atoms with Gasteiger partial charge in [-0.2, -0.15) is 0 Å². The molecule has 2 aliphatic carbocycles. The van der Waals surface area contributed by atoms with Gasteiger partial charge >= 0.3 is 0 Å². The highest BCUT2D eigenvalue weighted by Crippen LogP contribution is 2.53. The maximum Gasteiger partial charge on any atom is -0.0269 e. The van der Waals surface area contributed by atoms with Crippen molar-refractivity contribution in [2.24, 2.45) is 40.9 Å². The molecular weight excluding hydrogens is 288 g/mol. The lowest BCUT2D eigenvalue weighted by molar-refractivity contribution is 0.0143. The van der Waals surface area contributed by atoms with Crippen molar-refractivity contribution in [3.63, 3.8) is 0 Å². The topological polar surface area (TPSA) is 0 Å². The first-order valence-electron chi connectivity index (χ1n) is 10.8. The Morgan fingerprint density at radius 1 is 0.917 bits per heavy atom.